The van der Waals surface area contributed by atoms with Gasteiger partial charge in [0.2, 0.25) is 0 Å². The van der Waals surface area contributed by atoms with Crippen LogP contribution < -0.4 is 5.73 Å². The highest BCUT2D eigenvalue weighted by atomic mass is 14.5. The molecule has 0 amide bonds. The van der Waals surface area contributed by atoms with Gasteiger partial charge in [0.05, 0.1) is 0 Å². The molecular weight excluding hydrogens is 134 g/mol. The van der Waals surface area contributed by atoms with Gasteiger partial charge in [0.25, 0.3) is 0 Å². The van der Waals surface area contributed by atoms with Crippen molar-refractivity contribution in [2.75, 3.05) is 6.54 Å². The van der Waals surface area contributed by atoms with Gasteiger partial charge in [0.1, 0.15) is 0 Å². The lowest BCUT2D eigenvalue weighted by Crippen LogP contribution is -2.04. The smallest absolute Gasteiger partial charge is 0.00772 e. The van der Waals surface area contributed by atoms with Gasteiger partial charge in [-0.2, -0.15) is 0 Å². The number of hydrogen-bond donors (Lipinski definition) is 1. The van der Waals surface area contributed by atoms with E-state index in [9.17, 15) is 0 Å². The summed E-state index contributed by atoms with van der Waals surface area (Å²) in [4.78, 5) is 0. The Hall–Kier alpha value is -0.560. The van der Waals surface area contributed by atoms with E-state index in [0.29, 0.717) is 5.92 Å². The predicted molar refractivity (Wildman–Crippen MR) is 51.4 cm³/mol. The largest absolute Gasteiger partial charge is 0.330 e. The lowest BCUT2D eigenvalue weighted by molar-refractivity contribution is 0.483. The molecular formula is C10H19N. The molecule has 0 spiro atoms. The fourth-order valence-corrected chi connectivity index (χ4v) is 1.21. The van der Waals surface area contributed by atoms with Crippen LogP contribution in [-0.4, -0.2) is 6.54 Å². The van der Waals surface area contributed by atoms with E-state index in [0.717, 1.165) is 25.8 Å². The summed E-state index contributed by atoms with van der Waals surface area (Å²) in [6.07, 6.45) is 8.45. The molecule has 0 heterocycles. The topological polar surface area (TPSA) is 26.0 Å². The molecule has 0 aliphatic rings. The summed E-state index contributed by atoms with van der Waals surface area (Å²) in [5.74, 6) is 0.716. The lowest BCUT2D eigenvalue weighted by Gasteiger charge is -2.10. The fourth-order valence-electron chi connectivity index (χ4n) is 1.21. The summed E-state index contributed by atoms with van der Waals surface area (Å²) in [7, 11) is 0. The van der Waals surface area contributed by atoms with Crippen LogP contribution in [0.2, 0.25) is 0 Å². The highest BCUT2D eigenvalue weighted by Crippen LogP contribution is 2.15. The van der Waals surface area contributed by atoms with Crippen molar-refractivity contribution in [1.29, 1.82) is 0 Å². The van der Waals surface area contributed by atoms with Crippen LogP contribution in [0.5, 0.6) is 0 Å². The van der Waals surface area contributed by atoms with Gasteiger partial charge in [-0.3, -0.25) is 0 Å². The Morgan fingerprint density at radius 2 is 1.73 bits per heavy atom. The minimum absolute atomic E-state index is 0.716. The van der Waals surface area contributed by atoms with Gasteiger partial charge in [-0.25, -0.2) is 0 Å². The molecule has 0 aromatic heterocycles. The van der Waals surface area contributed by atoms with Crippen LogP contribution in [0, 0.1) is 5.92 Å². The minimum Gasteiger partial charge on any atom is -0.330 e. The number of hydrogen-bond acceptors (Lipinski definition) is 1. The van der Waals surface area contributed by atoms with E-state index >= 15 is 0 Å². The Kier molecular flexibility index (Phi) is 7.16. The Morgan fingerprint density at radius 1 is 1.18 bits per heavy atom. The van der Waals surface area contributed by atoms with Gasteiger partial charge >= 0.3 is 0 Å². The number of allylic oxidation sites excluding steroid dienone is 2. The Morgan fingerprint density at radius 3 is 2.09 bits per heavy atom. The van der Waals surface area contributed by atoms with E-state index < -0.39 is 0 Å². The molecule has 11 heavy (non-hydrogen) atoms. The molecule has 0 aliphatic carbocycles. The molecule has 0 aliphatic heterocycles. The lowest BCUT2D eigenvalue weighted by atomic mass is 9.96. The Bertz CT molecular complexity index is 97.4. The van der Waals surface area contributed by atoms with Crippen molar-refractivity contribution >= 4 is 0 Å². The maximum atomic E-state index is 5.42. The van der Waals surface area contributed by atoms with E-state index in [1.54, 1.807) is 0 Å². The summed E-state index contributed by atoms with van der Waals surface area (Å²) in [5, 5.41) is 0. The molecule has 0 saturated heterocycles. The minimum atomic E-state index is 0.716. The zero-order valence-corrected chi connectivity index (χ0v) is 7.26. The van der Waals surface area contributed by atoms with Crippen LogP contribution in [0.15, 0.2) is 25.3 Å². The molecule has 0 rings (SSSR count). The zero-order valence-electron chi connectivity index (χ0n) is 7.26. The van der Waals surface area contributed by atoms with Gasteiger partial charge < -0.3 is 5.73 Å². The summed E-state index contributed by atoms with van der Waals surface area (Å²) in [6.45, 7) is 8.25. The second kappa shape index (κ2) is 7.55. The van der Waals surface area contributed by atoms with Gasteiger partial charge in [-0.1, -0.05) is 12.2 Å². The van der Waals surface area contributed by atoms with Crippen molar-refractivity contribution in [3.05, 3.63) is 25.3 Å². The average molecular weight is 153 g/mol. The third-order valence-electron chi connectivity index (χ3n) is 1.82. The fraction of sp³-hybridized carbons (Fsp3) is 0.600. The summed E-state index contributed by atoms with van der Waals surface area (Å²) in [6, 6.07) is 0. The second-order valence-electron chi connectivity index (χ2n) is 2.85. The summed E-state index contributed by atoms with van der Waals surface area (Å²) >= 11 is 0. The van der Waals surface area contributed by atoms with Gasteiger partial charge in [0.15, 0.2) is 0 Å². The number of rotatable bonds is 7. The van der Waals surface area contributed by atoms with Crippen LogP contribution >= 0.6 is 0 Å². The standard InChI is InChI=1S/C10H19N/c1-3-6-10(7-4-2)8-5-9-11/h3-4,10H,1-2,5-9,11H2. The van der Waals surface area contributed by atoms with Crippen LogP contribution in [-0.2, 0) is 0 Å². The Balaban J connectivity index is 3.49. The van der Waals surface area contributed by atoms with Crippen molar-refractivity contribution in [3.8, 4) is 0 Å². The van der Waals surface area contributed by atoms with Crippen molar-refractivity contribution in [3.63, 3.8) is 0 Å². The van der Waals surface area contributed by atoms with Crippen molar-refractivity contribution in [2.45, 2.75) is 25.7 Å². The molecule has 2 N–H and O–H groups in total. The first-order valence-electron chi connectivity index (χ1n) is 4.27. The quantitative estimate of drug-likeness (QED) is 0.559. The monoisotopic (exact) mass is 153 g/mol. The second-order valence-corrected chi connectivity index (χ2v) is 2.85. The molecule has 0 bridgehead atoms. The van der Waals surface area contributed by atoms with Crippen molar-refractivity contribution < 1.29 is 0 Å². The van der Waals surface area contributed by atoms with Gasteiger partial charge in [0, 0.05) is 0 Å². The zero-order chi connectivity index (χ0) is 8.53. The molecule has 0 aromatic carbocycles. The average Bonchev–Trinajstić information content (AvgIpc) is 2.01. The summed E-state index contributed by atoms with van der Waals surface area (Å²) < 4.78 is 0. The third kappa shape index (κ3) is 5.86. The highest BCUT2D eigenvalue weighted by molar-refractivity contribution is 4.79. The van der Waals surface area contributed by atoms with Crippen LogP contribution in [0.1, 0.15) is 25.7 Å². The molecule has 0 aromatic rings. The van der Waals surface area contributed by atoms with Crippen LogP contribution in [0.25, 0.3) is 0 Å². The molecule has 0 unspecified atom stereocenters. The first-order chi connectivity index (χ1) is 5.35. The van der Waals surface area contributed by atoms with Gasteiger partial charge in [-0.15, -0.1) is 13.2 Å². The Labute approximate surface area is 70.0 Å². The van der Waals surface area contributed by atoms with Gasteiger partial charge in [-0.05, 0) is 38.1 Å². The molecule has 0 atom stereocenters. The molecule has 0 saturated carbocycles. The normalized spacial score (nSPS) is 10.0. The first kappa shape index (κ1) is 10.4. The molecule has 64 valence electrons. The van der Waals surface area contributed by atoms with Crippen molar-refractivity contribution in [2.24, 2.45) is 11.7 Å². The van der Waals surface area contributed by atoms with Crippen LogP contribution in [0.4, 0.5) is 0 Å². The van der Waals surface area contributed by atoms with E-state index in [2.05, 4.69) is 13.2 Å². The highest BCUT2D eigenvalue weighted by Gasteiger charge is 2.02. The first-order valence-corrected chi connectivity index (χ1v) is 4.27. The third-order valence-corrected chi connectivity index (χ3v) is 1.82. The predicted octanol–water partition coefficient (Wildman–Crippen LogP) is 2.49. The van der Waals surface area contributed by atoms with E-state index in [4.69, 9.17) is 5.73 Å². The number of nitrogens with two attached hydrogens (primary N) is 1. The van der Waals surface area contributed by atoms with E-state index in [-0.39, 0.29) is 0 Å². The van der Waals surface area contributed by atoms with Crippen molar-refractivity contribution in [1.82, 2.24) is 0 Å². The maximum Gasteiger partial charge on any atom is -0.00772 e. The molecule has 1 nitrogen and oxygen atoms in total. The molecule has 0 fully saturated rings. The van der Waals surface area contributed by atoms with E-state index in [1.807, 2.05) is 12.2 Å². The summed E-state index contributed by atoms with van der Waals surface area (Å²) in [5.41, 5.74) is 5.42. The van der Waals surface area contributed by atoms with Crippen LogP contribution in [0.3, 0.4) is 0 Å². The molecule has 1 heteroatoms. The van der Waals surface area contributed by atoms with E-state index in [1.165, 1.54) is 6.42 Å². The maximum absolute atomic E-state index is 5.42. The SMILES string of the molecule is C=CCC(CC=C)CCCN. The molecule has 0 radical (unpaired) electrons.